The molecule has 0 aliphatic carbocycles. The predicted octanol–water partition coefficient (Wildman–Crippen LogP) is 6.25. The monoisotopic (exact) mass is 580 g/mol. The van der Waals surface area contributed by atoms with Gasteiger partial charge in [0.15, 0.2) is 16.9 Å². The zero-order valence-electron chi connectivity index (χ0n) is 21.4. The van der Waals surface area contributed by atoms with Crippen LogP contribution in [0.15, 0.2) is 102 Å². The van der Waals surface area contributed by atoms with Gasteiger partial charge in [-0.15, -0.1) is 11.3 Å². The second kappa shape index (κ2) is 10.1. The molecular weight excluding hydrogens is 560 g/mol. The van der Waals surface area contributed by atoms with E-state index in [1.54, 1.807) is 66.7 Å². The summed E-state index contributed by atoms with van der Waals surface area (Å²) in [5.74, 6) is -0.505. The van der Waals surface area contributed by atoms with Crippen molar-refractivity contribution >= 4 is 55.5 Å². The van der Waals surface area contributed by atoms with Gasteiger partial charge in [0.2, 0.25) is 6.79 Å². The Morgan fingerprint density at radius 3 is 2.39 bits per heavy atom. The van der Waals surface area contributed by atoms with Crippen molar-refractivity contribution in [3.05, 3.63) is 129 Å². The van der Waals surface area contributed by atoms with Crippen LogP contribution in [0.5, 0.6) is 11.5 Å². The molecule has 4 aromatic carbocycles. The summed E-state index contributed by atoms with van der Waals surface area (Å²) in [5.41, 5.74) is 1.80. The number of nitrogens with zero attached hydrogens (tertiary/aromatic N) is 1. The lowest BCUT2D eigenvalue weighted by Gasteiger charge is -2.39. The number of hydrogen-bond donors (Lipinski definition) is 1. The molecule has 7 rings (SSSR count). The van der Waals surface area contributed by atoms with Crippen LogP contribution in [0.1, 0.15) is 27.4 Å². The molecule has 202 valence electrons. The molecule has 0 saturated carbocycles. The normalized spacial score (nSPS) is 17.4. The number of carbonyl (C=O) groups excluding carboxylic acids is 2. The first-order valence-electron chi connectivity index (χ1n) is 12.9. The van der Waals surface area contributed by atoms with E-state index >= 15 is 0 Å². The minimum Gasteiger partial charge on any atom is -0.454 e. The maximum atomic E-state index is 14.5. The molecule has 9 heteroatoms. The van der Waals surface area contributed by atoms with Crippen molar-refractivity contribution in [2.45, 2.75) is 12.0 Å². The molecule has 2 aliphatic rings. The van der Waals surface area contributed by atoms with Crippen LogP contribution in [-0.4, -0.2) is 24.6 Å². The summed E-state index contributed by atoms with van der Waals surface area (Å²) < 4.78 is 11.8. The van der Waals surface area contributed by atoms with E-state index in [0.29, 0.717) is 54.0 Å². The molecule has 2 unspecified atom stereocenters. The Balaban J connectivity index is 1.50. The number of ether oxygens (including phenoxy) is 2. The van der Waals surface area contributed by atoms with E-state index in [-0.39, 0.29) is 18.1 Å². The quantitative estimate of drug-likeness (QED) is 0.271. The molecule has 3 heterocycles. The van der Waals surface area contributed by atoms with E-state index in [0.717, 1.165) is 0 Å². The Morgan fingerprint density at radius 1 is 0.878 bits per heavy atom. The highest BCUT2D eigenvalue weighted by molar-refractivity contribution is 7.22. The summed E-state index contributed by atoms with van der Waals surface area (Å²) in [4.78, 5) is 43.9. The maximum absolute atomic E-state index is 14.5. The molecule has 0 fully saturated rings. The van der Waals surface area contributed by atoms with Crippen LogP contribution in [-0.2, 0) is 4.79 Å². The Labute approximate surface area is 243 Å². The Bertz CT molecular complexity index is 1890. The van der Waals surface area contributed by atoms with Crippen molar-refractivity contribution in [3.63, 3.8) is 0 Å². The lowest BCUT2D eigenvalue weighted by atomic mass is 9.81. The van der Waals surface area contributed by atoms with Crippen LogP contribution in [0, 0.1) is 0 Å². The van der Waals surface area contributed by atoms with Crippen LogP contribution in [0.2, 0.25) is 5.02 Å². The molecule has 2 atom stereocenters. The third-order valence-electron chi connectivity index (χ3n) is 7.30. The van der Waals surface area contributed by atoms with Crippen LogP contribution < -0.4 is 25.1 Å². The molecule has 41 heavy (non-hydrogen) atoms. The van der Waals surface area contributed by atoms with Gasteiger partial charge in [0.05, 0.1) is 0 Å². The van der Waals surface area contributed by atoms with Crippen molar-refractivity contribution in [3.8, 4) is 11.5 Å². The third-order valence-corrected chi connectivity index (χ3v) is 8.69. The molecule has 2 amide bonds. The second-order valence-electron chi connectivity index (χ2n) is 9.71. The third kappa shape index (κ3) is 4.32. The topological polar surface area (TPSA) is 84.9 Å². The first kappa shape index (κ1) is 25.3. The summed E-state index contributed by atoms with van der Waals surface area (Å²) in [6, 6.07) is 27.2. The molecular formula is C32H21ClN2O5S. The summed E-state index contributed by atoms with van der Waals surface area (Å²) in [6.07, 6.45) is 0. The Hall–Kier alpha value is -4.66. The van der Waals surface area contributed by atoms with Gasteiger partial charge in [-0.3, -0.25) is 19.3 Å². The number of benzene rings is 4. The van der Waals surface area contributed by atoms with Gasteiger partial charge in [-0.1, -0.05) is 54.1 Å². The molecule has 5 aromatic rings. The molecule has 0 bridgehead atoms. The van der Waals surface area contributed by atoms with Gasteiger partial charge in [0.1, 0.15) is 11.0 Å². The Kier molecular flexibility index (Phi) is 6.22. The number of halogens is 1. The molecule has 0 radical (unpaired) electrons. The lowest BCUT2D eigenvalue weighted by Crippen LogP contribution is -2.54. The predicted molar refractivity (Wildman–Crippen MR) is 159 cm³/mol. The van der Waals surface area contributed by atoms with Crippen LogP contribution in [0.25, 0.3) is 10.1 Å². The maximum Gasteiger partial charge on any atom is 0.255 e. The summed E-state index contributed by atoms with van der Waals surface area (Å²) in [5, 5.41) is 4.42. The highest BCUT2D eigenvalue weighted by Crippen LogP contribution is 2.47. The summed E-state index contributed by atoms with van der Waals surface area (Å²) >= 11 is 7.62. The minimum atomic E-state index is -1.10. The van der Waals surface area contributed by atoms with Gasteiger partial charge in [-0.25, -0.2) is 0 Å². The van der Waals surface area contributed by atoms with Gasteiger partial charge >= 0.3 is 0 Å². The molecule has 2 aliphatic heterocycles. The van der Waals surface area contributed by atoms with E-state index in [1.807, 2.05) is 30.3 Å². The van der Waals surface area contributed by atoms with Gasteiger partial charge in [0, 0.05) is 37.8 Å². The number of nitrogens with one attached hydrogen (secondary N) is 1. The van der Waals surface area contributed by atoms with Crippen LogP contribution in [0.3, 0.4) is 0 Å². The van der Waals surface area contributed by atoms with Crippen molar-refractivity contribution in [2.24, 2.45) is 0 Å². The van der Waals surface area contributed by atoms with Crippen molar-refractivity contribution < 1.29 is 19.1 Å². The van der Waals surface area contributed by atoms with Gasteiger partial charge < -0.3 is 14.8 Å². The van der Waals surface area contributed by atoms with Crippen molar-refractivity contribution in [1.82, 2.24) is 5.32 Å². The Morgan fingerprint density at radius 2 is 1.61 bits per heavy atom. The number of anilines is 2. The average molecular weight is 581 g/mol. The van der Waals surface area contributed by atoms with E-state index < -0.39 is 17.9 Å². The molecule has 1 aromatic heterocycles. The zero-order valence-corrected chi connectivity index (χ0v) is 22.9. The smallest absolute Gasteiger partial charge is 0.255 e. The number of rotatable bonds is 4. The van der Waals surface area contributed by atoms with E-state index in [4.69, 9.17) is 21.1 Å². The van der Waals surface area contributed by atoms with Crippen LogP contribution in [0.4, 0.5) is 10.7 Å². The zero-order chi connectivity index (χ0) is 28.1. The number of para-hydroxylation sites is 1. The SMILES string of the molecule is O=C(NC1C(=O)N(c2ccccc2)c2sc3cc(Cl)ccc3c(=O)c2C1c1ccc2c(c1)OCO2)c1ccccc1. The molecule has 0 spiro atoms. The van der Waals surface area contributed by atoms with Crippen molar-refractivity contribution in [2.75, 3.05) is 11.7 Å². The fourth-order valence-corrected chi connectivity index (χ4v) is 6.92. The number of fused-ring (bicyclic) bond motifs is 3. The first-order valence-corrected chi connectivity index (χ1v) is 14.1. The fraction of sp³-hybridized carbons (Fsp3) is 0.0938. The number of hydrogen-bond acceptors (Lipinski definition) is 6. The second-order valence-corrected chi connectivity index (χ2v) is 11.2. The average Bonchev–Trinajstić information content (AvgIpc) is 3.47. The fourth-order valence-electron chi connectivity index (χ4n) is 5.40. The highest BCUT2D eigenvalue weighted by atomic mass is 35.5. The highest BCUT2D eigenvalue weighted by Gasteiger charge is 2.45. The number of carbonyl (C=O) groups is 2. The summed E-state index contributed by atoms with van der Waals surface area (Å²) in [6.45, 7) is 0.0786. The first-order chi connectivity index (χ1) is 20.0. The standard InChI is InChI=1S/C32H21ClN2O5S/c33-20-12-13-22-25(16-20)41-32-27(29(22)36)26(19-11-14-23-24(15-19)40-17-39-23)28(34-30(37)18-7-3-1-4-8-18)31(38)35(32)21-9-5-2-6-10-21/h1-16,26,28H,17H2,(H,34,37). The molecule has 0 saturated heterocycles. The lowest BCUT2D eigenvalue weighted by molar-refractivity contribution is -0.120. The van der Waals surface area contributed by atoms with E-state index in [9.17, 15) is 14.4 Å². The van der Waals surface area contributed by atoms with Crippen LogP contribution >= 0.6 is 22.9 Å². The van der Waals surface area contributed by atoms with Gasteiger partial charge in [-0.2, -0.15) is 0 Å². The van der Waals surface area contributed by atoms with E-state index in [2.05, 4.69) is 5.32 Å². The number of amides is 2. The van der Waals surface area contributed by atoms with Gasteiger partial charge in [0.25, 0.3) is 11.8 Å². The minimum absolute atomic E-state index is 0.0786. The van der Waals surface area contributed by atoms with E-state index in [1.165, 1.54) is 16.2 Å². The summed E-state index contributed by atoms with van der Waals surface area (Å²) in [7, 11) is 0. The largest absolute Gasteiger partial charge is 0.454 e. The van der Waals surface area contributed by atoms with Crippen molar-refractivity contribution in [1.29, 1.82) is 0 Å². The molecule has 1 N–H and O–H groups in total. The molecule has 7 nitrogen and oxygen atoms in total. The van der Waals surface area contributed by atoms with Gasteiger partial charge in [-0.05, 0) is 60.2 Å².